The predicted molar refractivity (Wildman–Crippen MR) is 79.2 cm³/mol. The molecule has 0 spiro atoms. The highest BCUT2D eigenvalue weighted by Gasteiger charge is 2.25. The van der Waals surface area contributed by atoms with E-state index in [-0.39, 0.29) is 18.5 Å². The minimum absolute atomic E-state index is 0.0246. The summed E-state index contributed by atoms with van der Waals surface area (Å²) in [5.74, 6) is 1.48. The smallest absolute Gasteiger partial charge is 0.261 e. The number of nitrogens with two attached hydrogens (primary N) is 1. The minimum atomic E-state index is -0.104. The van der Waals surface area contributed by atoms with Gasteiger partial charge in [0.25, 0.3) is 5.91 Å². The lowest BCUT2D eigenvalue weighted by Crippen LogP contribution is -2.30. The topological polar surface area (TPSA) is 90.6 Å². The van der Waals surface area contributed by atoms with Gasteiger partial charge in [0.15, 0.2) is 6.61 Å². The molecule has 0 saturated heterocycles. The van der Waals surface area contributed by atoms with Crippen LogP contribution in [0, 0.1) is 0 Å². The van der Waals surface area contributed by atoms with Crippen LogP contribution in [-0.4, -0.2) is 34.5 Å². The van der Waals surface area contributed by atoms with Crippen LogP contribution >= 0.6 is 0 Å². The van der Waals surface area contributed by atoms with E-state index in [1.165, 1.54) is 0 Å². The largest absolute Gasteiger partial charge is 0.497 e. The number of methoxy groups -OCH3 is 1. The van der Waals surface area contributed by atoms with Crippen LogP contribution in [0.15, 0.2) is 30.5 Å². The lowest BCUT2D eigenvalue weighted by molar-refractivity contribution is -0.134. The van der Waals surface area contributed by atoms with E-state index >= 15 is 0 Å². The van der Waals surface area contributed by atoms with Crippen LogP contribution in [0.3, 0.4) is 0 Å². The lowest BCUT2D eigenvalue weighted by Gasteiger charge is -2.15. The predicted octanol–water partition coefficient (Wildman–Crippen LogP) is 0.989. The van der Waals surface area contributed by atoms with Crippen molar-refractivity contribution < 1.29 is 14.3 Å². The van der Waals surface area contributed by atoms with Gasteiger partial charge in [-0.15, -0.1) is 0 Å². The molecule has 114 valence electrons. The van der Waals surface area contributed by atoms with Gasteiger partial charge in [0.1, 0.15) is 11.5 Å². The molecule has 0 bridgehead atoms. The highest BCUT2D eigenvalue weighted by Crippen LogP contribution is 2.21. The maximum atomic E-state index is 12.2. The first-order chi connectivity index (χ1) is 10.7. The van der Waals surface area contributed by atoms with E-state index in [9.17, 15) is 4.79 Å². The number of anilines is 1. The second-order valence-electron chi connectivity index (χ2n) is 4.91. The number of hydrogen-bond acceptors (Lipinski definition) is 6. The molecule has 0 unspecified atom stereocenters. The molecule has 0 atom stereocenters. The normalized spacial score (nSPS) is 12.9. The molecule has 2 N–H and O–H groups in total. The van der Waals surface area contributed by atoms with Crippen molar-refractivity contribution in [1.82, 2.24) is 14.9 Å². The number of hydrogen-bond donors (Lipinski definition) is 1. The van der Waals surface area contributed by atoms with Crippen LogP contribution in [0.5, 0.6) is 11.5 Å². The van der Waals surface area contributed by atoms with E-state index in [2.05, 4.69) is 9.97 Å². The first-order valence-electron chi connectivity index (χ1n) is 6.80. The molecule has 1 aromatic carbocycles. The van der Waals surface area contributed by atoms with E-state index in [4.69, 9.17) is 15.2 Å². The van der Waals surface area contributed by atoms with Gasteiger partial charge in [0.05, 0.1) is 19.3 Å². The number of ether oxygens (including phenoxy) is 2. The molecule has 0 aliphatic carbocycles. The number of nitrogen functional groups attached to an aromatic ring is 1. The summed E-state index contributed by atoms with van der Waals surface area (Å²) in [5, 5.41) is 0. The van der Waals surface area contributed by atoms with E-state index in [1.54, 1.807) is 42.5 Å². The number of rotatable bonds is 4. The van der Waals surface area contributed by atoms with E-state index in [0.717, 1.165) is 17.0 Å². The van der Waals surface area contributed by atoms with Gasteiger partial charge in [-0.2, -0.15) is 0 Å². The molecular formula is C15H16N4O3. The van der Waals surface area contributed by atoms with Crippen LogP contribution in [0.1, 0.15) is 11.3 Å². The van der Waals surface area contributed by atoms with Gasteiger partial charge in [0, 0.05) is 18.3 Å². The molecule has 2 aromatic rings. The SMILES string of the molecule is COc1ccc(OCC(=O)N2Cc3cnc(N)nc3C2)cc1. The zero-order valence-corrected chi connectivity index (χ0v) is 12.2. The Hall–Kier alpha value is -2.83. The number of amides is 1. The molecule has 2 heterocycles. The number of carbonyl (C=O) groups is 1. The Morgan fingerprint density at radius 2 is 2.00 bits per heavy atom. The maximum Gasteiger partial charge on any atom is 0.261 e. The van der Waals surface area contributed by atoms with Crippen LogP contribution in [0.2, 0.25) is 0 Å². The standard InChI is InChI=1S/C15H16N4O3/c1-21-11-2-4-12(5-3-11)22-9-14(20)19-7-10-6-17-15(16)18-13(10)8-19/h2-6H,7-9H2,1H3,(H2,16,17,18). The third kappa shape index (κ3) is 2.93. The minimum Gasteiger partial charge on any atom is -0.497 e. The van der Waals surface area contributed by atoms with Crippen molar-refractivity contribution in [1.29, 1.82) is 0 Å². The molecule has 1 aliphatic rings. The number of benzene rings is 1. The fraction of sp³-hybridized carbons (Fsp3) is 0.267. The third-order valence-electron chi connectivity index (χ3n) is 3.45. The molecule has 1 aliphatic heterocycles. The van der Waals surface area contributed by atoms with E-state index in [1.807, 2.05) is 0 Å². The van der Waals surface area contributed by atoms with Gasteiger partial charge in [-0.05, 0) is 24.3 Å². The van der Waals surface area contributed by atoms with Crippen LogP contribution in [0.25, 0.3) is 0 Å². The molecule has 0 radical (unpaired) electrons. The summed E-state index contributed by atoms with van der Waals surface area (Å²) in [6.07, 6.45) is 1.66. The van der Waals surface area contributed by atoms with E-state index in [0.29, 0.717) is 18.8 Å². The highest BCUT2D eigenvalue weighted by atomic mass is 16.5. The number of aromatic nitrogens is 2. The van der Waals surface area contributed by atoms with Gasteiger partial charge in [-0.3, -0.25) is 4.79 Å². The number of nitrogens with zero attached hydrogens (tertiary/aromatic N) is 3. The molecule has 0 saturated carbocycles. The fourth-order valence-corrected chi connectivity index (χ4v) is 2.25. The average Bonchev–Trinajstić information content (AvgIpc) is 2.96. The molecule has 3 rings (SSSR count). The van der Waals surface area contributed by atoms with Gasteiger partial charge >= 0.3 is 0 Å². The zero-order valence-electron chi connectivity index (χ0n) is 12.2. The van der Waals surface area contributed by atoms with Gasteiger partial charge in [-0.25, -0.2) is 9.97 Å². The number of fused-ring (bicyclic) bond motifs is 1. The Labute approximate surface area is 127 Å². The Kier molecular flexibility index (Phi) is 3.78. The Morgan fingerprint density at radius 3 is 2.73 bits per heavy atom. The molecule has 1 amide bonds. The van der Waals surface area contributed by atoms with Gasteiger partial charge in [0.2, 0.25) is 5.95 Å². The van der Waals surface area contributed by atoms with Crippen molar-refractivity contribution in [2.24, 2.45) is 0 Å². The quantitative estimate of drug-likeness (QED) is 0.905. The Morgan fingerprint density at radius 1 is 1.27 bits per heavy atom. The van der Waals surface area contributed by atoms with E-state index < -0.39 is 0 Å². The van der Waals surface area contributed by atoms with Crippen molar-refractivity contribution in [3.63, 3.8) is 0 Å². The van der Waals surface area contributed by atoms with Crippen LogP contribution in [0.4, 0.5) is 5.95 Å². The fourth-order valence-electron chi connectivity index (χ4n) is 2.25. The average molecular weight is 300 g/mol. The maximum absolute atomic E-state index is 12.2. The first kappa shape index (κ1) is 14.1. The summed E-state index contributed by atoms with van der Waals surface area (Å²) >= 11 is 0. The molecule has 0 fully saturated rings. The summed E-state index contributed by atoms with van der Waals surface area (Å²) in [5.41, 5.74) is 7.27. The first-order valence-corrected chi connectivity index (χ1v) is 6.80. The highest BCUT2D eigenvalue weighted by molar-refractivity contribution is 5.78. The zero-order chi connectivity index (χ0) is 15.5. The molecule has 22 heavy (non-hydrogen) atoms. The Bertz CT molecular complexity index is 688. The van der Waals surface area contributed by atoms with Crippen LogP contribution in [-0.2, 0) is 17.9 Å². The summed E-state index contributed by atoms with van der Waals surface area (Å²) in [7, 11) is 1.60. The van der Waals surface area contributed by atoms with Gasteiger partial charge in [-0.1, -0.05) is 0 Å². The number of carbonyl (C=O) groups excluding carboxylic acids is 1. The van der Waals surface area contributed by atoms with Crippen molar-refractivity contribution in [2.75, 3.05) is 19.5 Å². The molecule has 7 nitrogen and oxygen atoms in total. The third-order valence-corrected chi connectivity index (χ3v) is 3.45. The lowest BCUT2D eigenvalue weighted by atomic mass is 10.3. The molecule has 7 heteroatoms. The molecular weight excluding hydrogens is 284 g/mol. The summed E-state index contributed by atoms with van der Waals surface area (Å²) in [6.45, 7) is 0.899. The summed E-state index contributed by atoms with van der Waals surface area (Å²) in [6, 6.07) is 7.09. The van der Waals surface area contributed by atoms with Crippen molar-refractivity contribution in [2.45, 2.75) is 13.1 Å². The van der Waals surface area contributed by atoms with Crippen molar-refractivity contribution >= 4 is 11.9 Å². The van der Waals surface area contributed by atoms with Crippen molar-refractivity contribution in [3.8, 4) is 11.5 Å². The summed E-state index contributed by atoms with van der Waals surface area (Å²) < 4.78 is 10.6. The van der Waals surface area contributed by atoms with Crippen LogP contribution < -0.4 is 15.2 Å². The Balaban J connectivity index is 1.57. The molecule has 1 aromatic heterocycles. The second kappa shape index (κ2) is 5.88. The van der Waals surface area contributed by atoms with Gasteiger partial charge < -0.3 is 20.1 Å². The monoisotopic (exact) mass is 300 g/mol. The summed E-state index contributed by atoms with van der Waals surface area (Å²) in [4.78, 5) is 21.9. The second-order valence-corrected chi connectivity index (χ2v) is 4.91. The van der Waals surface area contributed by atoms with Crippen molar-refractivity contribution in [3.05, 3.63) is 41.7 Å².